The van der Waals surface area contributed by atoms with Crippen LogP contribution >= 0.6 is 0 Å². The van der Waals surface area contributed by atoms with E-state index in [9.17, 15) is 4.79 Å². The van der Waals surface area contributed by atoms with E-state index in [1.807, 2.05) is 18.2 Å². The summed E-state index contributed by atoms with van der Waals surface area (Å²) in [5.74, 6) is 0.797. The molecule has 3 rings (SSSR count). The summed E-state index contributed by atoms with van der Waals surface area (Å²) in [5.41, 5.74) is 3.54. The number of H-pyrrole nitrogens is 1. The Kier molecular flexibility index (Phi) is 2.56. The number of carbonyl (C=O) groups excluding carboxylic acids is 1. The molecule has 1 fully saturated rings. The van der Waals surface area contributed by atoms with Crippen LogP contribution in [0.25, 0.3) is 11.3 Å². The van der Waals surface area contributed by atoms with Gasteiger partial charge in [0.25, 0.3) is 0 Å². The highest BCUT2D eigenvalue weighted by molar-refractivity contribution is 5.81. The van der Waals surface area contributed by atoms with E-state index in [0.717, 1.165) is 18.5 Å². The fraction of sp³-hybridized carbons (Fsp3) is 0.267. The number of benzene rings is 1. The van der Waals surface area contributed by atoms with Crippen molar-refractivity contribution in [3.05, 3.63) is 48.2 Å². The first-order chi connectivity index (χ1) is 8.33. The minimum absolute atomic E-state index is 0.394. The fourth-order valence-corrected chi connectivity index (χ4v) is 2.52. The van der Waals surface area contributed by atoms with Crippen LogP contribution < -0.4 is 0 Å². The molecule has 17 heavy (non-hydrogen) atoms. The Labute approximate surface area is 101 Å². The van der Waals surface area contributed by atoms with Gasteiger partial charge < -0.3 is 4.98 Å². The van der Waals surface area contributed by atoms with Crippen LogP contribution in [0.5, 0.6) is 0 Å². The van der Waals surface area contributed by atoms with E-state index in [2.05, 4.69) is 29.2 Å². The molecule has 0 saturated heterocycles. The lowest BCUT2D eigenvalue weighted by molar-refractivity contribution is -0.117. The predicted octanol–water partition coefficient (Wildman–Crippen LogP) is 3.52. The van der Waals surface area contributed by atoms with E-state index >= 15 is 0 Å². The quantitative estimate of drug-likeness (QED) is 0.833. The lowest BCUT2D eigenvalue weighted by atomic mass is 10.1. The number of rotatable bonds is 2. The molecule has 86 valence electrons. The first-order valence-electron chi connectivity index (χ1n) is 6.09. The van der Waals surface area contributed by atoms with Crippen molar-refractivity contribution in [3.8, 4) is 11.3 Å². The second kappa shape index (κ2) is 4.21. The molecule has 2 heteroatoms. The molecule has 2 aromatic rings. The van der Waals surface area contributed by atoms with Gasteiger partial charge in [0.05, 0.1) is 0 Å². The van der Waals surface area contributed by atoms with Crippen molar-refractivity contribution < 1.29 is 4.79 Å². The summed E-state index contributed by atoms with van der Waals surface area (Å²) in [6, 6.07) is 14.5. The van der Waals surface area contributed by atoms with Crippen LogP contribution in [0.2, 0.25) is 0 Å². The molecule has 1 N–H and O–H groups in total. The SMILES string of the molecule is O=C1CCC(c2ccc(-c3ccccc3)[nH]2)C1. The normalized spacial score (nSPS) is 19.8. The van der Waals surface area contributed by atoms with Crippen molar-refractivity contribution >= 4 is 5.78 Å². The third-order valence-electron chi connectivity index (χ3n) is 3.48. The van der Waals surface area contributed by atoms with E-state index in [1.54, 1.807) is 0 Å². The Morgan fingerprint density at radius 2 is 1.88 bits per heavy atom. The lowest BCUT2D eigenvalue weighted by Gasteiger charge is -2.04. The standard InChI is InChI=1S/C15H15NO/c17-13-7-6-12(10-13)15-9-8-14(16-15)11-4-2-1-3-5-11/h1-5,8-9,12,16H,6-7,10H2. The van der Waals surface area contributed by atoms with E-state index in [0.29, 0.717) is 18.1 Å². The average Bonchev–Trinajstić information content (AvgIpc) is 2.98. The smallest absolute Gasteiger partial charge is 0.133 e. The van der Waals surface area contributed by atoms with Crippen LogP contribution in [0, 0.1) is 0 Å². The summed E-state index contributed by atoms with van der Waals surface area (Å²) in [7, 11) is 0. The van der Waals surface area contributed by atoms with Crippen LogP contribution in [0.4, 0.5) is 0 Å². The van der Waals surface area contributed by atoms with Crippen molar-refractivity contribution in [2.75, 3.05) is 0 Å². The van der Waals surface area contributed by atoms with E-state index < -0.39 is 0 Å². The summed E-state index contributed by atoms with van der Waals surface area (Å²) in [4.78, 5) is 14.7. The highest BCUT2D eigenvalue weighted by atomic mass is 16.1. The largest absolute Gasteiger partial charge is 0.358 e. The molecule has 1 aliphatic rings. The molecule has 2 nitrogen and oxygen atoms in total. The summed E-state index contributed by atoms with van der Waals surface area (Å²) >= 11 is 0. The molecule has 1 aliphatic carbocycles. The summed E-state index contributed by atoms with van der Waals surface area (Å²) in [6.07, 6.45) is 2.44. The summed E-state index contributed by atoms with van der Waals surface area (Å²) in [5, 5.41) is 0. The van der Waals surface area contributed by atoms with Gasteiger partial charge in [-0.3, -0.25) is 4.79 Å². The molecule has 0 radical (unpaired) electrons. The Morgan fingerprint density at radius 3 is 2.59 bits per heavy atom. The van der Waals surface area contributed by atoms with Crippen molar-refractivity contribution in [1.82, 2.24) is 4.98 Å². The molecule has 1 aromatic heterocycles. The van der Waals surface area contributed by atoms with Gasteiger partial charge >= 0.3 is 0 Å². The number of Topliss-reactive ketones (excluding diaryl/α,β-unsaturated/α-hetero) is 1. The topological polar surface area (TPSA) is 32.9 Å². The summed E-state index contributed by atoms with van der Waals surface area (Å²) in [6.45, 7) is 0. The van der Waals surface area contributed by atoms with Gasteiger partial charge in [-0.05, 0) is 24.1 Å². The molecular weight excluding hydrogens is 210 g/mol. The highest BCUT2D eigenvalue weighted by Gasteiger charge is 2.24. The molecule has 0 aliphatic heterocycles. The zero-order valence-electron chi connectivity index (χ0n) is 9.65. The van der Waals surface area contributed by atoms with E-state index in [1.165, 1.54) is 11.3 Å². The van der Waals surface area contributed by atoms with Gasteiger partial charge in [-0.2, -0.15) is 0 Å². The van der Waals surface area contributed by atoms with Crippen molar-refractivity contribution in [2.24, 2.45) is 0 Å². The van der Waals surface area contributed by atoms with Gasteiger partial charge in [0, 0.05) is 30.1 Å². The lowest BCUT2D eigenvalue weighted by Crippen LogP contribution is -1.94. The zero-order valence-corrected chi connectivity index (χ0v) is 9.65. The Morgan fingerprint density at radius 1 is 1.06 bits per heavy atom. The molecule has 1 atom stereocenters. The minimum Gasteiger partial charge on any atom is -0.358 e. The number of nitrogens with one attached hydrogen (secondary N) is 1. The second-order valence-corrected chi connectivity index (χ2v) is 4.67. The van der Waals surface area contributed by atoms with Crippen LogP contribution in [-0.2, 0) is 4.79 Å². The molecule has 1 unspecified atom stereocenters. The van der Waals surface area contributed by atoms with Crippen molar-refractivity contribution in [3.63, 3.8) is 0 Å². The number of ketones is 1. The highest BCUT2D eigenvalue weighted by Crippen LogP contribution is 2.32. The van der Waals surface area contributed by atoms with Gasteiger partial charge in [-0.1, -0.05) is 30.3 Å². The Balaban J connectivity index is 1.86. The van der Waals surface area contributed by atoms with Crippen LogP contribution in [0.3, 0.4) is 0 Å². The maximum absolute atomic E-state index is 11.3. The molecular formula is C15H15NO. The van der Waals surface area contributed by atoms with Crippen molar-refractivity contribution in [1.29, 1.82) is 0 Å². The molecule has 0 amide bonds. The van der Waals surface area contributed by atoms with Gasteiger partial charge in [0.15, 0.2) is 0 Å². The molecule has 0 bridgehead atoms. The number of carbonyl (C=O) groups is 1. The van der Waals surface area contributed by atoms with Gasteiger partial charge in [-0.15, -0.1) is 0 Å². The molecule has 1 aromatic carbocycles. The third kappa shape index (κ3) is 2.03. The fourth-order valence-electron chi connectivity index (χ4n) is 2.52. The van der Waals surface area contributed by atoms with E-state index in [4.69, 9.17) is 0 Å². The van der Waals surface area contributed by atoms with Crippen molar-refractivity contribution in [2.45, 2.75) is 25.2 Å². The van der Waals surface area contributed by atoms with E-state index in [-0.39, 0.29) is 0 Å². The Bertz CT molecular complexity index is 527. The Hall–Kier alpha value is -1.83. The monoisotopic (exact) mass is 225 g/mol. The number of aromatic nitrogens is 1. The zero-order chi connectivity index (χ0) is 11.7. The average molecular weight is 225 g/mol. The first kappa shape index (κ1) is 10.3. The number of aromatic amines is 1. The molecule has 1 heterocycles. The van der Waals surface area contributed by atoms with Crippen LogP contribution in [0.1, 0.15) is 30.9 Å². The number of hydrogen-bond acceptors (Lipinski definition) is 1. The second-order valence-electron chi connectivity index (χ2n) is 4.67. The molecule has 0 spiro atoms. The number of hydrogen-bond donors (Lipinski definition) is 1. The van der Waals surface area contributed by atoms with Crippen LogP contribution in [-0.4, -0.2) is 10.8 Å². The minimum atomic E-state index is 0.394. The maximum atomic E-state index is 11.3. The van der Waals surface area contributed by atoms with Crippen LogP contribution in [0.15, 0.2) is 42.5 Å². The predicted molar refractivity (Wildman–Crippen MR) is 67.8 cm³/mol. The first-order valence-corrected chi connectivity index (χ1v) is 6.09. The van der Waals surface area contributed by atoms with Gasteiger partial charge in [0.2, 0.25) is 0 Å². The molecule has 1 saturated carbocycles. The summed E-state index contributed by atoms with van der Waals surface area (Å²) < 4.78 is 0. The van der Waals surface area contributed by atoms with Gasteiger partial charge in [-0.25, -0.2) is 0 Å². The van der Waals surface area contributed by atoms with Gasteiger partial charge in [0.1, 0.15) is 5.78 Å². The maximum Gasteiger partial charge on any atom is 0.133 e. The third-order valence-corrected chi connectivity index (χ3v) is 3.48.